The largest absolute Gasteiger partial charge is 0.379 e. The summed E-state index contributed by atoms with van der Waals surface area (Å²) in [7, 11) is 1.90. The van der Waals surface area contributed by atoms with Gasteiger partial charge in [-0.05, 0) is 19.3 Å². The van der Waals surface area contributed by atoms with Crippen LogP contribution in [0.15, 0.2) is 4.99 Å². The Morgan fingerprint density at radius 2 is 1.94 bits per heavy atom. The highest BCUT2D eigenvalue weighted by atomic mass is 16.5. The molecular weight excluding hydrogens is 228 g/mol. The van der Waals surface area contributed by atoms with Crippen molar-refractivity contribution in [3.05, 3.63) is 0 Å². The normalized spacial score (nSPS) is 30.8. The monoisotopic (exact) mass is 252 g/mol. The summed E-state index contributed by atoms with van der Waals surface area (Å²) in [6, 6.07) is 1.37. The van der Waals surface area contributed by atoms with Gasteiger partial charge in [0.2, 0.25) is 0 Å². The summed E-state index contributed by atoms with van der Waals surface area (Å²) in [6.07, 6.45) is 3.87. The summed E-state index contributed by atoms with van der Waals surface area (Å²) in [5, 5.41) is 3.54. The fourth-order valence-electron chi connectivity index (χ4n) is 2.88. The van der Waals surface area contributed by atoms with E-state index in [0.29, 0.717) is 12.1 Å². The molecule has 102 valence electrons. The molecule has 18 heavy (non-hydrogen) atoms. The molecule has 1 unspecified atom stereocenters. The van der Waals surface area contributed by atoms with Crippen molar-refractivity contribution in [3.63, 3.8) is 0 Å². The van der Waals surface area contributed by atoms with Crippen molar-refractivity contribution in [2.45, 2.75) is 31.3 Å². The topological polar surface area (TPSA) is 40.1 Å². The lowest BCUT2D eigenvalue weighted by molar-refractivity contribution is 0.0195. The summed E-state index contributed by atoms with van der Waals surface area (Å²) in [6.45, 7) is 6.22. The highest BCUT2D eigenvalue weighted by Crippen LogP contribution is 2.21. The number of aliphatic imine (C=N–C) groups is 1. The van der Waals surface area contributed by atoms with Crippen LogP contribution >= 0.6 is 0 Å². The number of rotatable bonds is 2. The number of nitrogens with zero attached hydrogens (tertiary/aromatic N) is 3. The van der Waals surface area contributed by atoms with Crippen LogP contribution in [0.3, 0.4) is 0 Å². The van der Waals surface area contributed by atoms with Gasteiger partial charge >= 0.3 is 0 Å². The van der Waals surface area contributed by atoms with E-state index in [1.165, 1.54) is 19.3 Å². The summed E-state index contributed by atoms with van der Waals surface area (Å²) in [4.78, 5) is 9.41. The molecule has 3 rings (SSSR count). The number of ether oxygens (including phenoxy) is 1. The first-order valence-electron chi connectivity index (χ1n) is 7.17. The molecule has 0 aromatic heterocycles. The van der Waals surface area contributed by atoms with Gasteiger partial charge in [0.15, 0.2) is 5.96 Å². The van der Waals surface area contributed by atoms with E-state index in [-0.39, 0.29) is 0 Å². The predicted molar refractivity (Wildman–Crippen MR) is 71.9 cm³/mol. The molecule has 1 N–H and O–H groups in total. The zero-order chi connectivity index (χ0) is 12.4. The quantitative estimate of drug-likeness (QED) is 0.560. The van der Waals surface area contributed by atoms with Crippen LogP contribution < -0.4 is 5.32 Å². The SMILES string of the molecule is CN=C(NC1CC1)N1CCC(N2CCOCC2)C1. The molecule has 0 spiro atoms. The first-order valence-corrected chi connectivity index (χ1v) is 7.17. The molecule has 2 aliphatic heterocycles. The molecular formula is C13H24N4O. The maximum Gasteiger partial charge on any atom is 0.193 e. The highest BCUT2D eigenvalue weighted by molar-refractivity contribution is 5.80. The molecule has 0 amide bonds. The van der Waals surface area contributed by atoms with Crippen LogP contribution in [0.25, 0.3) is 0 Å². The standard InChI is InChI=1S/C13H24N4O/c1-14-13(15-11-2-3-11)17-5-4-12(10-17)16-6-8-18-9-7-16/h11-12H,2-10H2,1H3,(H,14,15). The van der Waals surface area contributed by atoms with Crippen LogP contribution in [-0.4, -0.2) is 74.3 Å². The lowest BCUT2D eigenvalue weighted by Crippen LogP contribution is -2.47. The average Bonchev–Trinajstić information content (AvgIpc) is 3.11. The van der Waals surface area contributed by atoms with Crippen molar-refractivity contribution < 1.29 is 4.74 Å². The molecule has 2 heterocycles. The van der Waals surface area contributed by atoms with E-state index in [1.807, 2.05) is 7.05 Å². The highest BCUT2D eigenvalue weighted by Gasteiger charge is 2.32. The van der Waals surface area contributed by atoms with E-state index in [2.05, 4.69) is 20.1 Å². The molecule has 3 aliphatic rings. The summed E-state index contributed by atoms with van der Waals surface area (Å²) >= 11 is 0. The molecule has 5 heteroatoms. The molecule has 5 nitrogen and oxygen atoms in total. The minimum absolute atomic E-state index is 0.686. The fraction of sp³-hybridized carbons (Fsp3) is 0.923. The van der Waals surface area contributed by atoms with Crippen molar-refractivity contribution in [2.24, 2.45) is 4.99 Å². The number of guanidine groups is 1. The molecule has 0 radical (unpaired) electrons. The number of hydrogen-bond donors (Lipinski definition) is 1. The minimum atomic E-state index is 0.686. The van der Waals surface area contributed by atoms with Crippen LogP contribution in [0.2, 0.25) is 0 Å². The fourth-order valence-corrected chi connectivity index (χ4v) is 2.88. The van der Waals surface area contributed by atoms with Gasteiger partial charge in [-0.25, -0.2) is 0 Å². The first kappa shape index (κ1) is 12.2. The Kier molecular flexibility index (Phi) is 3.70. The van der Waals surface area contributed by atoms with E-state index in [0.717, 1.165) is 45.4 Å². The van der Waals surface area contributed by atoms with Gasteiger partial charge in [0.25, 0.3) is 0 Å². The average molecular weight is 252 g/mol. The first-order chi connectivity index (χ1) is 8.86. The number of nitrogens with one attached hydrogen (secondary N) is 1. The van der Waals surface area contributed by atoms with E-state index in [1.54, 1.807) is 0 Å². The van der Waals surface area contributed by atoms with Gasteiger partial charge in [0, 0.05) is 45.3 Å². The van der Waals surface area contributed by atoms with Crippen molar-refractivity contribution in [3.8, 4) is 0 Å². The second-order valence-corrected chi connectivity index (χ2v) is 5.50. The van der Waals surface area contributed by atoms with Gasteiger partial charge < -0.3 is 15.0 Å². The second kappa shape index (κ2) is 5.45. The van der Waals surface area contributed by atoms with Crippen LogP contribution in [-0.2, 0) is 4.74 Å². The van der Waals surface area contributed by atoms with Crippen LogP contribution in [0, 0.1) is 0 Å². The van der Waals surface area contributed by atoms with Gasteiger partial charge in [-0.2, -0.15) is 0 Å². The molecule has 1 atom stereocenters. The zero-order valence-electron chi connectivity index (χ0n) is 11.3. The van der Waals surface area contributed by atoms with E-state index in [4.69, 9.17) is 4.74 Å². The van der Waals surface area contributed by atoms with E-state index >= 15 is 0 Å². The summed E-state index contributed by atoms with van der Waals surface area (Å²) in [5.74, 6) is 1.10. The van der Waals surface area contributed by atoms with Crippen molar-refractivity contribution in [2.75, 3.05) is 46.4 Å². The molecule has 0 aromatic carbocycles. The maximum absolute atomic E-state index is 5.42. The number of likely N-dealkylation sites (tertiary alicyclic amines) is 1. The predicted octanol–water partition coefficient (Wildman–Crippen LogP) is 0.131. The van der Waals surface area contributed by atoms with Crippen LogP contribution in [0.5, 0.6) is 0 Å². The van der Waals surface area contributed by atoms with Gasteiger partial charge in [-0.15, -0.1) is 0 Å². The molecule has 0 aromatic rings. The molecule has 0 bridgehead atoms. The maximum atomic E-state index is 5.42. The smallest absolute Gasteiger partial charge is 0.193 e. The lowest BCUT2D eigenvalue weighted by atomic mass is 10.2. The van der Waals surface area contributed by atoms with Crippen molar-refractivity contribution in [1.29, 1.82) is 0 Å². The van der Waals surface area contributed by atoms with Gasteiger partial charge in [-0.3, -0.25) is 9.89 Å². The molecule has 1 saturated carbocycles. The Hall–Kier alpha value is -0.810. The summed E-state index contributed by atoms with van der Waals surface area (Å²) < 4.78 is 5.42. The third-order valence-corrected chi connectivity index (χ3v) is 4.15. The van der Waals surface area contributed by atoms with E-state index in [9.17, 15) is 0 Å². The second-order valence-electron chi connectivity index (χ2n) is 5.50. The number of morpholine rings is 1. The van der Waals surface area contributed by atoms with Crippen molar-refractivity contribution in [1.82, 2.24) is 15.1 Å². The molecule has 3 fully saturated rings. The van der Waals surface area contributed by atoms with Crippen LogP contribution in [0.4, 0.5) is 0 Å². The van der Waals surface area contributed by atoms with Crippen LogP contribution in [0.1, 0.15) is 19.3 Å². The van der Waals surface area contributed by atoms with Crippen molar-refractivity contribution >= 4 is 5.96 Å². The minimum Gasteiger partial charge on any atom is -0.379 e. The Labute approximate surface area is 109 Å². The summed E-state index contributed by atoms with van der Waals surface area (Å²) in [5.41, 5.74) is 0. The molecule has 2 saturated heterocycles. The van der Waals surface area contributed by atoms with Gasteiger partial charge in [-0.1, -0.05) is 0 Å². The third kappa shape index (κ3) is 2.78. The Balaban J connectivity index is 1.53. The Morgan fingerprint density at radius 3 is 2.61 bits per heavy atom. The Morgan fingerprint density at radius 1 is 1.17 bits per heavy atom. The third-order valence-electron chi connectivity index (χ3n) is 4.15. The van der Waals surface area contributed by atoms with E-state index < -0.39 is 0 Å². The lowest BCUT2D eigenvalue weighted by Gasteiger charge is -2.32. The number of hydrogen-bond acceptors (Lipinski definition) is 3. The molecule has 1 aliphatic carbocycles. The van der Waals surface area contributed by atoms with Gasteiger partial charge in [0.05, 0.1) is 13.2 Å². The zero-order valence-corrected chi connectivity index (χ0v) is 11.3. The Bertz CT molecular complexity index is 310. The van der Waals surface area contributed by atoms with Gasteiger partial charge in [0.1, 0.15) is 0 Å².